The van der Waals surface area contributed by atoms with Crippen LogP contribution in [0.4, 0.5) is 0 Å². The Morgan fingerprint density at radius 1 is 0.436 bits per heavy atom. The van der Waals surface area contributed by atoms with Gasteiger partial charge in [0.1, 0.15) is 23.0 Å². The van der Waals surface area contributed by atoms with Crippen molar-refractivity contribution in [2.24, 2.45) is 0 Å². The van der Waals surface area contributed by atoms with Gasteiger partial charge in [0, 0.05) is 74.1 Å². The number of methoxy groups -OCH3 is 2. The fourth-order valence-electron chi connectivity index (χ4n) is 11.2. The van der Waals surface area contributed by atoms with Gasteiger partial charge in [-0.2, -0.15) is 0 Å². The molecule has 10 nitrogen and oxygen atoms in total. The van der Waals surface area contributed by atoms with E-state index in [2.05, 4.69) is 168 Å². The van der Waals surface area contributed by atoms with Gasteiger partial charge in [-0.3, -0.25) is 9.80 Å². The second-order valence-corrected chi connectivity index (χ2v) is 20.8. The highest BCUT2D eigenvalue weighted by atomic mass is 16.5. The van der Waals surface area contributed by atoms with E-state index in [1.807, 2.05) is 48.5 Å². The van der Waals surface area contributed by atoms with Gasteiger partial charge in [-0.25, -0.2) is 0 Å². The average Bonchev–Trinajstić information content (AvgIpc) is 3.51. The molecule has 0 aliphatic carbocycles. The van der Waals surface area contributed by atoms with Gasteiger partial charge in [-0.05, 0) is 132 Å². The Kier molecular flexibility index (Phi) is 21.0. The van der Waals surface area contributed by atoms with Crippen LogP contribution in [0, 0.1) is 0 Å². The number of nitrogens with zero attached hydrogens (tertiary/aromatic N) is 2. The zero-order chi connectivity index (χ0) is 53.7. The molecule has 2 N–H and O–H groups in total. The molecule has 0 saturated carbocycles. The minimum Gasteiger partial charge on any atom is -0.496 e. The van der Waals surface area contributed by atoms with Crippen molar-refractivity contribution in [3.05, 3.63) is 215 Å². The second-order valence-electron chi connectivity index (χ2n) is 20.8. The number of nitrogens with one attached hydrogen (secondary N) is 2. The van der Waals surface area contributed by atoms with Crippen LogP contribution in [0.25, 0.3) is 21.5 Å². The predicted molar refractivity (Wildman–Crippen MR) is 317 cm³/mol. The summed E-state index contributed by atoms with van der Waals surface area (Å²) in [7, 11) is 7.89. The van der Waals surface area contributed by atoms with Crippen LogP contribution >= 0.6 is 0 Å². The Labute approximate surface area is 463 Å². The highest BCUT2D eigenvalue weighted by Gasteiger charge is 2.31. The minimum absolute atomic E-state index is 0.442. The van der Waals surface area contributed by atoms with Crippen LogP contribution in [-0.2, 0) is 35.8 Å². The first-order valence-electron chi connectivity index (χ1n) is 28.0. The average molecular weight is 1050 g/mol. The molecule has 78 heavy (non-hydrogen) atoms. The number of rotatable bonds is 24. The molecule has 2 aliphatic heterocycles. The molecule has 4 atom stereocenters. The normalized spacial score (nSPS) is 17.4. The Hall–Kier alpha value is -6.76. The summed E-state index contributed by atoms with van der Waals surface area (Å²) >= 11 is 0. The van der Waals surface area contributed by atoms with E-state index in [0.29, 0.717) is 63.6 Å². The highest BCUT2D eigenvalue weighted by Crippen LogP contribution is 2.33. The lowest BCUT2D eigenvalue weighted by molar-refractivity contribution is 0.105. The summed E-state index contributed by atoms with van der Waals surface area (Å²) in [6.45, 7) is 9.65. The molecule has 2 saturated heterocycles. The van der Waals surface area contributed by atoms with E-state index in [0.717, 1.165) is 99.1 Å². The van der Waals surface area contributed by atoms with Crippen molar-refractivity contribution in [2.75, 3.05) is 80.9 Å². The number of ether oxygens (including phenoxy) is 6. The zero-order valence-corrected chi connectivity index (χ0v) is 46.3. The quantitative estimate of drug-likeness (QED) is 0.0571. The van der Waals surface area contributed by atoms with Crippen LogP contribution in [0.15, 0.2) is 182 Å². The monoisotopic (exact) mass is 1050 g/mol. The lowest BCUT2D eigenvalue weighted by atomic mass is 9.85. The first-order valence-corrected chi connectivity index (χ1v) is 28.0. The van der Waals surface area contributed by atoms with Gasteiger partial charge >= 0.3 is 0 Å². The summed E-state index contributed by atoms with van der Waals surface area (Å²) in [6, 6.07) is 65.1. The van der Waals surface area contributed by atoms with Gasteiger partial charge in [0.25, 0.3) is 0 Å². The van der Waals surface area contributed by atoms with Crippen LogP contribution in [0.2, 0.25) is 0 Å². The molecule has 0 aromatic heterocycles. The van der Waals surface area contributed by atoms with Crippen molar-refractivity contribution < 1.29 is 28.4 Å². The van der Waals surface area contributed by atoms with E-state index in [4.69, 9.17) is 28.4 Å². The van der Waals surface area contributed by atoms with Crippen LogP contribution in [0.3, 0.4) is 0 Å². The van der Waals surface area contributed by atoms with E-state index in [1.54, 1.807) is 14.2 Å². The molecule has 2 aliphatic rings. The van der Waals surface area contributed by atoms with Gasteiger partial charge in [-0.15, -0.1) is 0 Å². The second kappa shape index (κ2) is 29.3. The first-order chi connectivity index (χ1) is 38.4. The van der Waals surface area contributed by atoms with E-state index in [9.17, 15) is 0 Å². The maximum Gasteiger partial charge on any atom is 0.124 e. The van der Waals surface area contributed by atoms with Crippen molar-refractivity contribution in [1.29, 1.82) is 0 Å². The molecule has 408 valence electrons. The van der Waals surface area contributed by atoms with Crippen LogP contribution in [0.5, 0.6) is 23.0 Å². The van der Waals surface area contributed by atoms with Gasteiger partial charge < -0.3 is 39.1 Å². The van der Waals surface area contributed by atoms with Gasteiger partial charge in [0.05, 0.1) is 53.9 Å². The molecule has 0 unspecified atom stereocenters. The molecule has 10 heteroatoms. The number of likely N-dealkylation sites (N-methyl/N-ethyl adjacent to an activating group) is 2. The van der Waals surface area contributed by atoms with Crippen molar-refractivity contribution >= 4 is 21.5 Å². The zero-order valence-electron chi connectivity index (χ0n) is 46.3. The third kappa shape index (κ3) is 15.7. The van der Waals surface area contributed by atoms with Gasteiger partial charge in [0.15, 0.2) is 0 Å². The molecule has 0 amide bonds. The van der Waals surface area contributed by atoms with Crippen molar-refractivity contribution in [3.8, 4) is 23.0 Å². The fourth-order valence-corrected chi connectivity index (χ4v) is 11.2. The summed E-state index contributed by atoms with van der Waals surface area (Å²) in [6.07, 6.45) is 3.95. The Balaban J connectivity index is 0.000000190. The van der Waals surface area contributed by atoms with Crippen LogP contribution in [0.1, 0.15) is 70.9 Å². The standard InChI is InChI=1S/2C34H40N2O3/c2*1-36(24-26-12-13-27-8-3-4-9-29(27)22-26)33-23-35-19-18-32(33)28-14-16-31(17-15-28)39-21-7-20-38-25-30-10-5-6-11-34(30)37-2/h2*3-6,8-17,22,32-33,35H,7,18-21,23-25H2,1-2H3/t2*32-,33-/m10/s1. The van der Waals surface area contributed by atoms with Crippen molar-refractivity contribution in [3.63, 3.8) is 0 Å². The van der Waals surface area contributed by atoms with E-state index < -0.39 is 0 Å². The largest absolute Gasteiger partial charge is 0.496 e. The molecular formula is C68H80N4O6. The summed E-state index contributed by atoms with van der Waals surface area (Å²) in [5.41, 5.74) is 7.62. The van der Waals surface area contributed by atoms with Crippen molar-refractivity contribution in [2.45, 2.75) is 75.9 Å². The topological polar surface area (TPSA) is 85.9 Å². The molecule has 0 radical (unpaired) electrons. The Morgan fingerprint density at radius 3 is 1.26 bits per heavy atom. The van der Waals surface area contributed by atoms with Crippen molar-refractivity contribution in [1.82, 2.24) is 20.4 Å². The van der Waals surface area contributed by atoms with E-state index in [1.165, 1.54) is 43.8 Å². The molecular weight excluding hydrogens is 969 g/mol. The molecule has 2 fully saturated rings. The first kappa shape index (κ1) is 56.0. The number of hydrogen-bond acceptors (Lipinski definition) is 10. The molecule has 10 rings (SSSR count). The van der Waals surface area contributed by atoms with E-state index >= 15 is 0 Å². The van der Waals surface area contributed by atoms with Crippen LogP contribution in [-0.4, -0.2) is 103 Å². The lowest BCUT2D eigenvalue weighted by Gasteiger charge is -2.39. The lowest BCUT2D eigenvalue weighted by Crippen LogP contribution is -2.48. The molecule has 8 aromatic carbocycles. The number of fused-ring (bicyclic) bond motifs is 2. The maximum atomic E-state index is 6.01. The molecule has 0 bridgehead atoms. The highest BCUT2D eigenvalue weighted by molar-refractivity contribution is 5.83. The SMILES string of the molecule is COc1ccccc1COCCCOc1ccc([C@@H]2CCNC[C@@H]2N(C)Cc2ccc3ccccc3c2)cc1.COc1ccccc1COCCCOc1ccc([C@H]2CCNC[C@H]2N(C)Cc2ccc3ccccc3c2)cc1. The third-order valence-electron chi connectivity index (χ3n) is 15.4. The minimum atomic E-state index is 0.442. The number of piperidine rings is 2. The Bertz CT molecular complexity index is 2850. The molecule has 0 spiro atoms. The molecule has 8 aromatic rings. The Morgan fingerprint density at radius 2 is 0.833 bits per heavy atom. The molecule has 2 heterocycles. The summed E-state index contributed by atoms with van der Waals surface area (Å²) in [4.78, 5) is 5.02. The fraction of sp³-hybridized carbons (Fsp3) is 0.353. The third-order valence-corrected chi connectivity index (χ3v) is 15.4. The summed E-state index contributed by atoms with van der Waals surface area (Å²) < 4.78 is 34.4. The maximum absolute atomic E-state index is 6.01. The predicted octanol–water partition coefficient (Wildman–Crippen LogP) is 12.8. The summed E-state index contributed by atoms with van der Waals surface area (Å²) in [5, 5.41) is 12.4. The van der Waals surface area contributed by atoms with Gasteiger partial charge in [-0.1, -0.05) is 133 Å². The van der Waals surface area contributed by atoms with Gasteiger partial charge in [0.2, 0.25) is 0 Å². The number of benzene rings is 8. The smallest absolute Gasteiger partial charge is 0.124 e. The summed E-state index contributed by atoms with van der Waals surface area (Å²) in [5.74, 6) is 4.55. The number of hydrogen-bond donors (Lipinski definition) is 2. The van der Waals surface area contributed by atoms with Crippen LogP contribution < -0.4 is 29.6 Å². The van der Waals surface area contributed by atoms with E-state index in [-0.39, 0.29) is 0 Å². The number of para-hydroxylation sites is 2.